The van der Waals surface area contributed by atoms with Gasteiger partial charge in [0.2, 0.25) is 11.8 Å². The summed E-state index contributed by atoms with van der Waals surface area (Å²) < 4.78 is 5.10. The SMILES string of the molecule is Cc1cnc(CN2C[C@]3(CCCN(Cc4noc(C)n4)C3)CCC2=O)cn1. The lowest BCUT2D eigenvalue weighted by Crippen LogP contribution is -2.53. The second kappa shape index (κ2) is 7.34. The number of nitrogens with zero attached hydrogens (tertiary/aromatic N) is 6. The number of carbonyl (C=O) groups excluding carboxylic acids is 1. The number of piperidine rings is 2. The van der Waals surface area contributed by atoms with Crippen LogP contribution in [-0.2, 0) is 17.9 Å². The molecule has 27 heavy (non-hydrogen) atoms. The van der Waals surface area contributed by atoms with Crippen molar-refractivity contribution in [3.05, 3.63) is 35.5 Å². The monoisotopic (exact) mass is 370 g/mol. The summed E-state index contributed by atoms with van der Waals surface area (Å²) in [5.74, 6) is 1.56. The Labute approximate surface area is 159 Å². The Hall–Kier alpha value is -2.35. The van der Waals surface area contributed by atoms with E-state index in [1.165, 1.54) is 0 Å². The lowest BCUT2D eigenvalue weighted by atomic mass is 9.73. The summed E-state index contributed by atoms with van der Waals surface area (Å²) in [5, 5.41) is 4.03. The average molecular weight is 370 g/mol. The summed E-state index contributed by atoms with van der Waals surface area (Å²) in [6.45, 7) is 7.75. The molecule has 0 unspecified atom stereocenters. The predicted molar refractivity (Wildman–Crippen MR) is 97.4 cm³/mol. The van der Waals surface area contributed by atoms with Gasteiger partial charge in [0.25, 0.3) is 0 Å². The number of amides is 1. The molecule has 0 N–H and O–H groups in total. The largest absolute Gasteiger partial charge is 0.340 e. The van der Waals surface area contributed by atoms with E-state index in [1.54, 1.807) is 12.4 Å². The van der Waals surface area contributed by atoms with Crippen LogP contribution >= 0.6 is 0 Å². The maximum Gasteiger partial charge on any atom is 0.223 e. The number of carbonyl (C=O) groups is 1. The van der Waals surface area contributed by atoms with Crippen molar-refractivity contribution in [2.24, 2.45) is 5.41 Å². The fraction of sp³-hybridized carbons (Fsp3) is 0.632. The molecule has 2 aliphatic heterocycles. The molecule has 2 aliphatic rings. The van der Waals surface area contributed by atoms with Crippen molar-refractivity contribution in [1.82, 2.24) is 29.9 Å². The van der Waals surface area contributed by atoms with Crippen LogP contribution in [0.15, 0.2) is 16.9 Å². The molecule has 144 valence electrons. The Morgan fingerprint density at radius 1 is 1.15 bits per heavy atom. The van der Waals surface area contributed by atoms with Crippen LogP contribution in [0.1, 0.15) is 48.8 Å². The van der Waals surface area contributed by atoms with Crippen molar-refractivity contribution in [2.75, 3.05) is 19.6 Å². The number of hydrogen-bond acceptors (Lipinski definition) is 7. The Morgan fingerprint density at radius 3 is 2.78 bits per heavy atom. The fourth-order valence-electron chi connectivity index (χ4n) is 4.33. The molecule has 2 saturated heterocycles. The molecule has 0 radical (unpaired) electrons. The summed E-state index contributed by atoms with van der Waals surface area (Å²) in [7, 11) is 0. The van der Waals surface area contributed by atoms with Crippen LogP contribution in [0.5, 0.6) is 0 Å². The Kier molecular flexibility index (Phi) is 4.90. The Morgan fingerprint density at radius 2 is 2.04 bits per heavy atom. The molecule has 1 atom stereocenters. The van der Waals surface area contributed by atoms with Crippen molar-refractivity contribution < 1.29 is 9.32 Å². The molecule has 2 aromatic rings. The van der Waals surface area contributed by atoms with Gasteiger partial charge >= 0.3 is 0 Å². The van der Waals surface area contributed by atoms with E-state index in [-0.39, 0.29) is 11.3 Å². The maximum absolute atomic E-state index is 12.5. The molecule has 4 rings (SSSR count). The van der Waals surface area contributed by atoms with Crippen LogP contribution in [0.2, 0.25) is 0 Å². The highest BCUT2D eigenvalue weighted by Gasteiger charge is 2.41. The van der Waals surface area contributed by atoms with E-state index in [4.69, 9.17) is 4.52 Å². The van der Waals surface area contributed by atoms with Gasteiger partial charge in [0.05, 0.1) is 30.7 Å². The van der Waals surface area contributed by atoms with E-state index >= 15 is 0 Å². The molecule has 0 saturated carbocycles. The standard InChI is InChI=1S/C19H26N6O2/c1-14-8-21-16(9-20-14)10-25-13-19(6-4-18(25)26)5-3-7-24(12-19)11-17-22-15(2)27-23-17/h8-9H,3-7,10-13H2,1-2H3/t19-/m1/s1. The minimum absolute atomic E-state index is 0.142. The lowest BCUT2D eigenvalue weighted by molar-refractivity contribution is -0.140. The molecule has 8 nitrogen and oxygen atoms in total. The van der Waals surface area contributed by atoms with Crippen LogP contribution in [0.3, 0.4) is 0 Å². The maximum atomic E-state index is 12.5. The predicted octanol–water partition coefficient (Wildman–Crippen LogP) is 1.88. The number of hydrogen-bond donors (Lipinski definition) is 0. The van der Waals surface area contributed by atoms with Gasteiger partial charge in [-0.3, -0.25) is 19.7 Å². The van der Waals surface area contributed by atoms with Crippen molar-refractivity contribution in [1.29, 1.82) is 0 Å². The highest BCUT2D eigenvalue weighted by molar-refractivity contribution is 5.77. The van der Waals surface area contributed by atoms with Crippen molar-refractivity contribution in [3.63, 3.8) is 0 Å². The molecule has 1 amide bonds. The molecule has 8 heteroatoms. The van der Waals surface area contributed by atoms with Gasteiger partial charge in [0.1, 0.15) is 0 Å². The smallest absolute Gasteiger partial charge is 0.223 e. The third-order valence-corrected chi connectivity index (χ3v) is 5.61. The topological polar surface area (TPSA) is 88.3 Å². The van der Waals surface area contributed by atoms with Gasteiger partial charge in [-0.15, -0.1) is 0 Å². The molecule has 4 heterocycles. The van der Waals surface area contributed by atoms with Crippen LogP contribution in [-0.4, -0.2) is 55.4 Å². The minimum Gasteiger partial charge on any atom is -0.340 e. The highest BCUT2D eigenvalue weighted by Crippen LogP contribution is 2.39. The quantitative estimate of drug-likeness (QED) is 0.812. The van der Waals surface area contributed by atoms with Gasteiger partial charge in [-0.25, -0.2) is 0 Å². The molecule has 2 aromatic heterocycles. The molecule has 0 bridgehead atoms. The zero-order chi connectivity index (χ0) is 18.9. The van der Waals surface area contributed by atoms with Gasteiger partial charge in [-0.1, -0.05) is 5.16 Å². The van der Waals surface area contributed by atoms with Crippen molar-refractivity contribution >= 4 is 5.91 Å². The van der Waals surface area contributed by atoms with Gasteiger partial charge in [0.15, 0.2) is 5.82 Å². The van der Waals surface area contributed by atoms with Gasteiger partial charge in [-0.2, -0.15) is 4.98 Å². The van der Waals surface area contributed by atoms with Gasteiger partial charge in [-0.05, 0) is 32.7 Å². The van der Waals surface area contributed by atoms with Gasteiger partial charge < -0.3 is 9.42 Å². The minimum atomic E-state index is 0.142. The van der Waals surface area contributed by atoms with E-state index in [2.05, 4.69) is 25.0 Å². The number of aromatic nitrogens is 4. The lowest BCUT2D eigenvalue weighted by Gasteiger charge is -2.48. The van der Waals surface area contributed by atoms with E-state index in [9.17, 15) is 4.79 Å². The number of aryl methyl sites for hydroxylation is 2. The second-order valence-corrected chi connectivity index (χ2v) is 7.94. The number of likely N-dealkylation sites (tertiary alicyclic amines) is 2. The normalized spacial score (nSPS) is 23.9. The average Bonchev–Trinajstić information content (AvgIpc) is 3.05. The van der Waals surface area contributed by atoms with E-state index in [0.29, 0.717) is 25.4 Å². The first kappa shape index (κ1) is 18.0. The third kappa shape index (κ3) is 4.16. The molecular weight excluding hydrogens is 344 g/mol. The Bertz CT molecular complexity index is 805. The summed E-state index contributed by atoms with van der Waals surface area (Å²) in [6.07, 6.45) is 7.36. The Balaban J connectivity index is 1.43. The number of rotatable bonds is 4. The fourth-order valence-corrected chi connectivity index (χ4v) is 4.33. The second-order valence-electron chi connectivity index (χ2n) is 7.94. The summed E-state index contributed by atoms with van der Waals surface area (Å²) in [5.41, 5.74) is 1.88. The van der Waals surface area contributed by atoms with Gasteiger partial charge in [0, 0.05) is 38.0 Å². The van der Waals surface area contributed by atoms with E-state index < -0.39 is 0 Å². The zero-order valence-corrected chi connectivity index (χ0v) is 16.0. The summed E-state index contributed by atoms with van der Waals surface area (Å²) in [6, 6.07) is 0. The van der Waals surface area contributed by atoms with E-state index in [1.807, 2.05) is 18.7 Å². The van der Waals surface area contributed by atoms with E-state index in [0.717, 1.165) is 56.1 Å². The van der Waals surface area contributed by atoms with Crippen LogP contribution in [0, 0.1) is 19.3 Å². The summed E-state index contributed by atoms with van der Waals surface area (Å²) >= 11 is 0. The molecule has 1 spiro atoms. The first-order valence-corrected chi connectivity index (χ1v) is 9.58. The van der Waals surface area contributed by atoms with Crippen molar-refractivity contribution in [2.45, 2.75) is 52.6 Å². The van der Waals surface area contributed by atoms with Crippen LogP contribution in [0.4, 0.5) is 0 Å². The summed E-state index contributed by atoms with van der Waals surface area (Å²) in [4.78, 5) is 29.9. The van der Waals surface area contributed by atoms with Crippen LogP contribution < -0.4 is 0 Å². The molecular formula is C19H26N6O2. The molecule has 2 fully saturated rings. The first-order chi connectivity index (χ1) is 13.0. The first-order valence-electron chi connectivity index (χ1n) is 9.58. The third-order valence-electron chi connectivity index (χ3n) is 5.61. The highest BCUT2D eigenvalue weighted by atomic mass is 16.5. The molecule has 0 aromatic carbocycles. The molecule has 0 aliphatic carbocycles. The van der Waals surface area contributed by atoms with Crippen LogP contribution in [0.25, 0.3) is 0 Å². The van der Waals surface area contributed by atoms with Crippen molar-refractivity contribution in [3.8, 4) is 0 Å². The zero-order valence-electron chi connectivity index (χ0n) is 16.0.